The van der Waals surface area contributed by atoms with Crippen LogP contribution in [0.4, 0.5) is 5.69 Å². The van der Waals surface area contributed by atoms with Gasteiger partial charge in [-0.2, -0.15) is 0 Å². The highest BCUT2D eigenvalue weighted by Gasteiger charge is 2.11. The van der Waals surface area contributed by atoms with Crippen LogP contribution < -0.4 is 5.32 Å². The zero-order valence-electron chi connectivity index (χ0n) is 13.0. The fourth-order valence-corrected chi connectivity index (χ4v) is 3.18. The molecule has 0 unspecified atom stereocenters. The van der Waals surface area contributed by atoms with Gasteiger partial charge in [-0.1, -0.05) is 18.2 Å². The molecule has 0 bridgehead atoms. The maximum atomic E-state index is 12.3. The van der Waals surface area contributed by atoms with Gasteiger partial charge in [0.25, 0.3) is 0 Å². The van der Waals surface area contributed by atoms with Crippen molar-refractivity contribution in [3.8, 4) is 10.6 Å². The first-order chi connectivity index (χ1) is 11.1. The second-order valence-electron chi connectivity index (χ2n) is 5.38. The standard InChI is InChI=1S/C18H17N3OS/c1-12-5-3-6-13(2)17(12)21-16(22)9-15-11-23-18(20-15)14-7-4-8-19-10-14/h3-8,10-11H,9H2,1-2H3,(H,21,22). The maximum Gasteiger partial charge on any atom is 0.230 e. The Labute approximate surface area is 139 Å². The highest BCUT2D eigenvalue weighted by molar-refractivity contribution is 7.13. The van der Waals surface area contributed by atoms with Gasteiger partial charge in [0.15, 0.2) is 0 Å². The topological polar surface area (TPSA) is 54.9 Å². The summed E-state index contributed by atoms with van der Waals surface area (Å²) in [6.45, 7) is 3.98. The lowest BCUT2D eigenvalue weighted by Crippen LogP contribution is -2.16. The number of anilines is 1. The van der Waals surface area contributed by atoms with Gasteiger partial charge < -0.3 is 5.32 Å². The van der Waals surface area contributed by atoms with Crippen LogP contribution >= 0.6 is 11.3 Å². The number of hydrogen-bond acceptors (Lipinski definition) is 4. The van der Waals surface area contributed by atoms with E-state index in [9.17, 15) is 4.79 Å². The summed E-state index contributed by atoms with van der Waals surface area (Å²) >= 11 is 1.53. The number of carbonyl (C=O) groups excluding carboxylic acids is 1. The normalized spacial score (nSPS) is 10.5. The van der Waals surface area contributed by atoms with Gasteiger partial charge in [0.05, 0.1) is 12.1 Å². The molecule has 2 heterocycles. The smallest absolute Gasteiger partial charge is 0.230 e. The Hall–Kier alpha value is -2.53. The molecule has 23 heavy (non-hydrogen) atoms. The van der Waals surface area contributed by atoms with Crippen molar-refractivity contribution >= 4 is 22.9 Å². The minimum atomic E-state index is -0.0505. The van der Waals surface area contributed by atoms with E-state index in [-0.39, 0.29) is 12.3 Å². The van der Waals surface area contributed by atoms with Crippen LogP contribution in [0.2, 0.25) is 0 Å². The van der Waals surface area contributed by atoms with Crippen LogP contribution in [0.5, 0.6) is 0 Å². The average Bonchev–Trinajstić information content (AvgIpc) is 3.00. The fourth-order valence-electron chi connectivity index (χ4n) is 2.37. The Bertz CT molecular complexity index is 807. The van der Waals surface area contributed by atoms with E-state index >= 15 is 0 Å². The highest BCUT2D eigenvalue weighted by Crippen LogP contribution is 2.23. The lowest BCUT2D eigenvalue weighted by molar-refractivity contribution is -0.115. The van der Waals surface area contributed by atoms with Gasteiger partial charge in [-0.05, 0) is 37.1 Å². The number of rotatable bonds is 4. The lowest BCUT2D eigenvalue weighted by Gasteiger charge is -2.10. The first kappa shape index (κ1) is 15.4. The summed E-state index contributed by atoms with van der Waals surface area (Å²) in [4.78, 5) is 20.9. The Kier molecular flexibility index (Phi) is 4.48. The van der Waals surface area contributed by atoms with Gasteiger partial charge in [-0.25, -0.2) is 4.98 Å². The molecule has 5 heteroatoms. The van der Waals surface area contributed by atoms with Gasteiger partial charge >= 0.3 is 0 Å². The third-order valence-electron chi connectivity index (χ3n) is 3.55. The maximum absolute atomic E-state index is 12.3. The highest BCUT2D eigenvalue weighted by atomic mass is 32.1. The first-order valence-corrected chi connectivity index (χ1v) is 8.22. The van der Waals surface area contributed by atoms with Crippen LogP contribution in [0.25, 0.3) is 10.6 Å². The van der Waals surface area contributed by atoms with Crippen molar-refractivity contribution < 1.29 is 4.79 Å². The summed E-state index contributed by atoms with van der Waals surface area (Å²) < 4.78 is 0. The summed E-state index contributed by atoms with van der Waals surface area (Å²) in [6.07, 6.45) is 3.78. The summed E-state index contributed by atoms with van der Waals surface area (Å²) in [5, 5.41) is 5.79. The van der Waals surface area contributed by atoms with Crippen molar-refractivity contribution in [2.45, 2.75) is 20.3 Å². The molecule has 1 aromatic carbocycles. The Morgan fingerprint density at radius 3 is 2.65 bits per heavy atom. The quantitative estimate of drug-likeness (QED) is 0.789. The molecule has 0 aliphatic carbocycles. The Morgan fingerprint density at radius 1 is 1.17 bits per heavy atom. The molecule has 0 saturated carbocycles. The molecule has 1 N–H and O–H groups in total. The predicted octanol–water partition coefficient (Wildman–Crippen LogP) is 4.00. The average molecular weight is 323 g/mol. The van der Waals surface area contributed by atoms with Gasteiger partial charge in [0, 0.05) is 29.0 Å². The zero-order valence-corrected chi connectivity index (χ0v) is 13.9. The number of nitrogens with one attached hydrogen (secondary N) is 1. The molecular formula is C18H17N3OS. The second kappa shape index (κ2) is 6.71. The van der Waals surface area contributed by atoms with E-state index in [0.29, 0.717) is 0 Å². The largest absolute Gasteiger partial charge is 0.325 e. The van der Waals surface area contributed by atoms with Crippen LogP contribution in [0.3, 0.4) is 0 Å². The van der Waals surface area contributed by atoms with E-state index in [2.05, 4.69) is 15.3 Å². The number of benzene rings is 1. The molecular weight excluding hydrogens is 306 g/mol. The van der Waals surface area contributed by atoms with Gasteiger partial charge in [0.1, 0.15) is 5.01 Å². The summed E-state index contributed by atoms with van der Waals surface area (Å²) in [5.74, 6) is -0.0505. The number of pyridine rings is 1. The Balaban J connectivity index is 1.70. The molecule has 0 fully saturated rings. The minimum Gasteiger partial charge on any atom is -0.325 e. The molecule has 116 valence electrons. The fraction of sp³-hybridized carbons (Fsp3) is 0.167. The number of aryl methyl sites for hydroxylation is 2. The summed E-state index contributed by atoms with van der Waals surface area (Å²) in [5.41, 5.74) is 4.76. The third-order valence-corrected chi connectivity index (χ3v) is 4.49. The van der Waals surface area contributed by atoms with Crippen LogP contribution in [0.15, 0.2) is 48.1 Å². The van der Waals surface area contributed by atoms with Crippen molar-refractivity contribution in [3.63, 3.8) is 0 Å². The number of amides is 1. The van der Waals surface area contributed by atoms with E-state index in [1.807, 2.05) is 49.6 Å². The second-order valence-corrected chi connectivity index (χ2v) is 6.24. The van der Waals surface area contributed by atoms with Crippen molar-refractivity contribution in [2.24, 2.45) is 0 Å². The number of thiazole rings is 1. The van der Waals surface area contributed by atoms with Crippen molar-refractivity contribution in [3.05, 3.63) is 64.9 Å². The van der Waals surface area contributed by atoms with E-state index in [1.54, 1.807) is 12.4 Å². The summed E-state index contributed by atoms with van der Waals surface area (Å²) in [7, 11) is 0. The number of para-hydroxylation sites is 1. The molecule has 2 aromatic heterocycles. The molecule has 0 radical (unpaired) electrons. The van der Waals surface area contributed by atoms with Gasteiger partial charge in [-0.3, -0.25) is 9.78 Å². The molecule has 1 amide bonds. The van der Waals surface area contributed by atoms with Crippen LogP contribution in [0.1, 0.15) is 16.8 Å². The van der Waals surface area contributed by atoms with Crippen LogP contribution in [-0.2, 0) is 11.2 Å². The number of nitrogens with zero attached hydrogens (tertiary/aromatic N) is 2. The van der Waals surface area contributed by atoms with Crippen molar-refractivity contribution in [2.75, 3.05) is 5.32 Å². The van der Waals surface area contributed by atoms with E-state index in [1.165, 1.54) is 11.3 Å². The lowest BCUT2D eigenvalue weighted by atomic mass is 10.1. The third kappa shape index (κ3) is 3.63. The van der Waals surface area contributed by atoms with Crippen molar-refractivity contribution in [1.82, 2.24) is 9.97 Å². The summed E-state index contributed by atoms with van der Waals surface area (Å²) in [6, 6.07) is 9.81. The molecule has 0 atom stereocenters. The van der Waals surface area contributed by atoms with E-state index in [0.717, 1.165) is 33.1 Å². The Morgan fingerprint density at radius 2 is 1.96 bits per heavy atom. The number of aromatic nitrogens is 2. The van der Waals surface area contributed by atoms with Gasteiger partial charge in [-0.15, -0.1) is 11.3 Å². The zero-order chi connectivity index (χ0) is 16.2. The van der Waals surface area contributed by atoms with Crippen LogP contribution in [0, 0.1) is 13.8 Å². The minimum absolute atomic E-state index is 0.0505. The molecule has 3 aromatic rings. The molecule has 0 saturated heterocycles. The number of carbonyl (C=O) groups is 1. The van der Waals surface area contributed by atoms with Gasteiger partial charge in [0.2, 0.25) is 5.91 Å². The molecule has 0 spiro atoms. The molecule has 0 aliphatic heterocycles. The SMILES string of the molecule is Cc1cccc(C)c1NC(=O)Cc1csc(-c2cccnc2)n1. The number of hydrogen-bond donors (Lipinski definition) is 1. The first-order valence-electron chi connectivity index (χ1n) is 7.34. The van der Waals surface area contributed by atoms with E-state index < -0.39 is 0 Å². The van der Waals surface area contributed by atoms with Crippen molar-refractivity contribution in [1.29, 1.82) is 0 Å². The predicted molar refractivity (Wildman–Crippen MR) is 93.6 cm³/mol. The van der Waals surface area contributed by atoms with E-state index in [4.69, 9.17) is 0 Å². The molecule has 0 aliphatic rings. The monoisotopic (exact) mass is 323 g/mol. The molecule has 4 nitrogen and oxygen atoms in total. The molecule has 3 rings (SSSR count). The van der Waals surface area contributed by atoms with Crippen LogP contribution in [-0.4, -0.2) is 15.9 Å².